The number of carbonyl (C=O) groups excluding carboxylic acids is 1. The summed E-state index contributed by atoms with van der Waals surface area (Å²) in [5.41, 5.74) is -1.78. The highest BCUT2D eigenvalue weighted by atomic mass is 32.2. The van der Waals surface area contributed by atoms with Gasteiger partial charge < -0.3 is 0 Å². The molecule has 0 radical (unpaired) electrons. The lowest BCUT2D eigenvalue weighted by Gasteiger charge is -2.14. The van der Waals surface area contributed by atoms with Crippen LogP contribution in [0.15, 0.2) is 34.7 Å². The molecule has 0 aliphatic heterocycles. The van der Waals surface area contributed by atoms with Crippen molar-refractivity contribution in [3.63, 3.8) is 0 Å². The molecule has 0 heterocycles. The molecule has 5 nitrogen and oxygen atoms in total. The van der Waals surface area contributed by atoms with Crippen molar-refractivity contribution in [1.82, 2.24) is 4.72 Å². The van der Waals surface area contributed by atoms with Crippen molar-refractivity contribution in [2.24, 2.45) is 0 Å². The molecule has 0 atom stereocenters. The normalized spacial score (nSPS) is 12.6. The highest BCUT2D eigenvalue weighted by molar-refractivity contribution is 7.90. The predicted molar refractivity (Wildman–Crippen MR) is 75.5 cm³/mol. The Balaban J connectivity index is 3.37. The number of nitrogens with one attached hydrogen (secondary N) is 1. The first-order valence-corrected chi connectivity index (χ1v) is 7.86. The molecule has 1 aromatic carbocycles. The van der Waals surface area contributed by atoms with Gasteiger partial charge in [-0.1, -0.05) is 13.0 Å². The zero-order valence-electron chi connectivity index (χ0n) is 12.2. The second kappa shape index (κ2) is 6.83. The van der Waals surface area contributed by atoms with Crippen LogP contribution in [0, 0.1) is 11.3 Å². The maximum Gasteiger partial charge on any atom is 0.417 e. The lowest BCUT2D eigenvalue weighted by atomic mass is 10.1. The molecular formula is C14H13F3N2O3S. The molecule has 9 heteroatoms. The minimum Gasteiger partial charge on any atom is -0.269 e. The molecule has 0 aliphatic carbocycles. The quantitative estimate of drug-likeness (QED) is 0.849. The Labute approximate surface area is 131 Å². The Bertz CT molecular complexity index is 790. The standard InChI is InChI=1S/C14H13F3N2O3S/c1-3-4-9(2)13(20)19-23(21,22)12-6-5-10(8-18)7-11(12)14(15,16)17/h4-7H,3H2,1-2H3,(H,19,20)/b9-4+. The van der Waals surface area contributed by atoms with Crippen molar-refractivity contribution in [2.45, 2.75) is 31.3 Å². The number of sulfonamides is 1. The number of nitriles is 1. The number of amides is 1. The largest absolute Gasteiger partial charge is 0.417 e. The van der Waals surface area contributed by atoms with Gasteiger partial charge in [-0.2, -0.15) is 18.4 Å². The number of alkyl halides is 3. The lowest BCUT2D eigenvalue weighted by Crippen LogP contribution is -2.32. The Morgan fingerprint density at radius 3 is 2.48 bits per heavy atom. The smallest absolute Gasteiger partial charge is 0.269 e. The van der Waals surface area contributed by atoms with Crippen molar-refractivity contribution in [3.8, 4) is 6.07 Å². The number of benzene rings is 1. The van der Waals surface area contributed by atoms with Gasteiger partial charge in [0.05, 0.1) is 22.1 Å². The van der Waals surface area contributed by atoms with E-state index in [0.717, 1.165) is 6.07 Å². The highest BCUT2D eigenvalue weighted by Crippen LogP contribution is 2.34. The first-order chi connectivity index (χ1) is 10.5. The average molecular weight is 346 g/mol. The van der Waals surface area contributed by atoms with Crippen LogP contribution in [0.1, 0.15) is 31.4 Å². The van der Waals surface area contributed by atoms with E-state index in [9.17, 15) is 26.4 Å². The molecule has 0 spiro atoms. The molecule has 1 amide bonds. The van der Waals surface area contributed by atoms with Crippen molar-refractivity contribution < 1.29 is 26.4 Å². The van der Waals surface area contributed by atoms with E-state index in [2.05, 4.69) is 0 Å². The van der Waals surface area contributed by atoms with Gasteiger partial charge in [-0.15, -0.1) is 0 Å². The van der Waals surface area contributed by atoms with Gasteiger partial charge in [0.1, 0.15) is 0 Å². The number of nitrogens with zero attached hydrogens (tertiary/aromatic N) is 1. The molecule has 0 saturated carbocycles. The van der Waals surface area contributed by atoms with Crippen LogP contribution in [0.5, 0.6) is 0 Å². The summed E-state index contributed by atoms with van der Waals surface area (Å²) in [5, 5.41) is 8.65. The second-order valence-corrected chi connectivity index (χ2v) is 6.20. The molecular weight excluding hydrogens is 333 g/mol. The second-order valence-electron chi connectivity index (χ2n) is 4.55. The van der Waals surface area contributed by atoms with Gasteiger partial charge in [0.2, 0.25) is 0 Å². The van der Waals surface area contributed by atoms with E-state index >= 15 is 0 Å². The molecule has 1 N–H and O–H groups in total. The number of halogens is 3. The van der Waals surface area contributed by atoms with E-state index in [-0.39, 0.29) is 11.1 Å². The van der Waals surface area contributed by atoms with E-state index in [1.54, 1.807) is 11.6 Å². The number of allylic oxidation sites excluding steroid dienone is 1. The summed E-state index contributed by atoms with van der Waals surface area (Å²) in [6.07, 6.45) is -3.09. The Morgan fingerprint density at radius 2 is 2.00 bits per heavy atom. The van der Waals surface area contributed by atoms with Crippen molar-refractivity contribution in [3.05, 3.63) is 41.0 Å². The van der Waals surface area contributed by atoms with Crippen LogP contribution in [0.3, 0.4) is 0 Å². The SMILES string of the molecule is CC/C=C(\C)C(=O)NS(=O)(=O)c1ccc(C#N)cc1C(F)(F)F. The maximum atomic E-state index is 13.0. The molecule has 1 rings (SSSR count). The van der Waals surface area contributed by atoms with Gasteiger partial charge in [-0.25, -0.2) is 13.1 Å². The number of hydrogen-bond donors (Lipinski definition) is 1. The number of rotatable bonds is 4. The summed E-state index contributed by atoms with van der Waals surface area (Å²) in [6, 6.07) is 3.51. The van der Waals surface area contributed by atoms with E-state index in [1.807, 2.05) is 0 Å². The van der Waals surface area contributed by atoms with Crippen LogP contribution in [0.2, 0.25) is 0 Å². The minimum atomic E-state index is -4.99. The van der Waals surface area contributed by atoms with Crippen LogP contribution < -0.4 is 4.72 Å². The fourth-order valence-electron chi connectivity index (χ4n) is 1.71. The van der Waals surface area contributed by atoms with Gasteiger partial charge in [0, 0.05) is 5.57 Å². The van der Waals surface area contributed by atoms with Crippen molar-refractivity contribution >= 4 is 15.9 Å². The van der Waals surface area contributed by atoms with E-state index < -0.39 is 32.6 Å². The lowest BCUT2D eigenvalue weighted by molar-refractivity contribution is -0.140. The molecule has 124 valence electrons. The Kier molecular flexibility index (Phi) is 5.56. The Hall–Kier alpha value is -2.34. The number of carbonyl (C=O) groups is 1. The van der Waals surface area contributed by atoms with Crippen LogP contribution >= 0.6 is 0 Å². The van der Waals surface area contributed by atoms with E-state index in [1.165, 1.54) is 19.1 Å². The van der Waals surface area contributed by atoms with Crippen molar-refractivity contribution in [2.75, 3.05) is 0 Å². The first kappa shape index (κ1) is 18.7. The molecule has 0 unspecified atom stereocenters. The minimum absolute atomic E-state index is 0.0679. The molecule has 0 aliphatic rings. The van der Waals surface area contributed by atoms with Crippen LogP contribution in [-0.4, -0.2) is 14.3 Å². The van der Waals surface area contributed by atoms with E-state index in [4.69, 9.17) is 5.26 Å². The zero-order chi connectivity index (χ0) is 17.8. The van der Waals surface area contributed by atoms with Crippen LogP contribution in [-0.2, 0) is 21.0 Å². The molecule has 23 heavy (non-hydrogen) atoms. The maximum absolute atomic E-state index is 13.0. The third-order valence-corrected chi connectivity index (χ3v) is 4.19. The van der Waals surface area contributed by atoms with Gasteiger partial charge in [-0.05, 0) is 31.5 Å². The number of hydrogen-bond acceptors (Lipinski definition) is 4. The monoisotopic (exact) mass is 346 g/mol. The molecule has 0 aromatic heterocycles. The highest BCUT2D eigenvalue weighted by Gasteiger charge is 2.38. The topological polar surface area (TPSA) is 87.0 Å². The fraction of sp³-hybridized carbons (Fsp3) is 0.286. The summed E-state index contributed by atoms with van der Waals surface area (Å²) >= 11 is 0. The summed E-state index contributed by atoms with van der Waals surface area (Å²) in [7, 11) is -4.73. The third-order valence-electron chi connectivity index (χ3n) is 2.80. The zero-order valence-corrected chi connectivity index (χ0v) is 13.0. The molecule has 0 fully saturated rings. The third kappa shape index (κ3) is 4.56. The summed E-state index contributed by atoms with van der Waals surface area (Å²) in [4.78, 5) is 10.6. The summed E-state index contributed by atoms with van der Waals surface area (Å²) in [5.74, 6) is -1.01. The molecule has 0 bridgehead atoms. The van der Waals surface area contributed by atoms with Crippen molar-refractivity contribution in [1.29, 1.82) is 5.26 Å². The van der Waals surface area contributed by atoms with Gasteiger partial charge in [-0.3, -0.25) is 4.79 Å². The van der Waals surface area contributed by atoms with Gasteiger partial charge in [0.15, 0.2) is 0 Å². The summed E-state index contributed by atoms with van der Waals surface area (Å²) < 4.78 is 64.8. The van der Waals surface area contributed by atoms with E-state index in [0.29, 0.717) is 18.6 Å². The Morgan fingerprint density at radius 1 is 1.39 bits per heavy atom. The molecule has 1 aromatic rings. The van der Waals surface area contributed by atoms with Crippen LogP contribution in [0.4, 0.5) is 13.2 Å². The predicted octanol–water partition coefficient (Wildman–Crippen LogP) is 2.74. The fourth-order valence-corrected chi connectivity index (χ4v) is 2.94. The first-order valence-electron chi connectivity index (χ1n) is 6.38. The van der Waals surface area contributed by atoms with Gasteiger partial charge >= 0.3 is 6.18 Å². The average Bonchev–Trinajstić information content (AvgIpc) is 2.45. The van der Waals surface area contributed by atoms with Crippen LogP contribution in [0.25, 0.3) is 0 Å². The van der Waals surface area contributed by atoms with Gasteiger partial charge in [0.25, 0.3) is 15.9 Å². The molecule has 0 saturated heterocycles. The summed E-state index contributed by atoms with van der Waals surface area (Å²) in [6.45, 7) is 3.06.